The fourth-order valence-corrected chi connectivity index (χ4v) is 2.34. The molecule has 0 aromatic carbocycles. The summed E-state index contributed by atoms with van der Waals surface area (Å²) < 4.78 is 7.49. The Morgan fingerprint density at radius 2 is 2.12 bits per heavy atom. The number of hydrogen-bond acceptors (Lipinski definition) is 3. The van der Waals surface area contributed by atoms with E-state index in [1.807, 2.05) is 11.6 Å². The fraction of sp³-hybridized carbons (Fsp3) is 0.769. The van der Waals surface area contributed by atoms with Gasteiger partial charge in [-0.05, 0) is 25.8 Å². The molecule has 0 bridgehead atoms. The molecule has 0 aliphatic carbocycles. The monoisotopic (exact) mass is 239 g/mol. The molecular formula is C13H25N3O. The van der Waals surface area contributed by atoms with Gasteiger partial charge in [-0.3, -0.25) is 4.68 Å². The first-order valence-corrected chi connectivity index (χ1v) is 6.31. The second kappa shape index (κ2) is 6.17. The van der Waals surface area contributed by atoms with Crippen molar-refractivity contribution >= 4 is 0 Å². The summed E-state index contributed by atoms with van der Waals surface area (Å²) in [5, 5.41) is 4.43. The second-order valence-electron chi connectivity index (χ2n) is 4.91. The molecular weight excluding hydrogens is 214 g/mol. The molecule has 1 rings (SSSR count). The van der Waals surface area contributed by atoms with Crippen molar-refractivity contribution in [1.29, 1.82) is 0 Å². The summed E-state index contributed by atoms with van der Waals surface area (Å²) in [6, 6.07) is 2.12. The number of nitrogens with zero attached hydrogens (tertiary/aromatic N) is 2. The largest absolute Gasteiger partial charge is 0.380 e. The minimum Gasteiger partial charge on any atom is -0.380 e. The van der Waals surface area contributed by atoms with Gasteiger partial charge in [0.15, 0.2) is 0 Å². The summed E-state index contributed by atoms with van der Waals surface area (Å²) in [5.74, 6) is 0.425. The van der Waals surface area contributed by atoms with Crippen LogP contribution in [-0.2, 0) is 17.7 Å². The van der Waals surface area contributed by atoms with Crippen LogP contribution in [0.4, 0.5) is 0 Å². The molecule has 0 saturated carbocycles. The van der Waals surface area contributed by atoms with Crippen molar-refractivity contribution in [3.05, 3.63) is 17.5 Å². The van der Waals surface area contributed by atoms with Gasteiger partial charge in [0.25, 0.3) is 0 Å². The third kappa shape index (κ3) is 3.54. The van der Waals surface area contributed by atoms with Gasteiger partial charge in [0.1, 0.15) is 0 Å². The lowest BCUT2D eigenvalue weighted by Crippen LogP contribution is -2.41. The summed E-state index contributed by atoms with van der Waals surface area (Å²) in [6.07, 6.45) is 0.904. The van der Waals surface area contributed by atoms with Gasteiger partial charge < -0.3 is 10.5 Å². The zero-order chi connectivity index (χ0) is 13.0. The standard InChI is InChI=1S/C13H25N3O/c1-6-16-11(7-10(4)15-16)8-12(14)13(17-5)9(2)3/h7,9,12-13H,6,8,14H2,1-5H3. The van der Waals surface area contributed by atoms with Crippen LogP contribution in [-0.4, -0.2) is 29.0 Å². The summed E-state index contributed by atoms with van der Waals surface area (Å²) in [6.45, 7) is 9.26. The lowest BCUT2D eigenvalue weighted by Gasteiger charge is -2.26. The Morgan fingerprint density at radius 3 is 2.59 bits per heavy atom. The summed E-state index contributed by atoms with van der Waals surface area (Å²) >= 11 is 0. The first-order chi connectivity index (χ1) is 7.99. The molecule has 1 aromatic heterocycles. The minimum atomic E-state index is 0.0152. The SMILES string of the molecule is CCn1nc(C)cc1CC(N)C(OC)C(C)C. The Kier molecular flexibility index (Phi) is 5.15. The highest BCUT2D eigenvalue weighted by Crippen LogP contribution is 2.14. The Balaban J connectivity index is 2.75. The lowest BCUT2D eigenvalue weighted by atomic mass is 9.96. The normalized spacial score (nSPS) is 15.2. The van der Waals surface area contributed by atoms with E-state index in [9.17, 15) is 0 Å². The molecule has 0 amide bonds. The lowest BCUT2D eigenvalue weighted by molar-refractivity contribution is 0.0436. The molecule has 0 spiro atoms. The minimum absolute atomic E-state index is 0.0152. The molecule has 1 heterocycles. The third-order valence-electron chi connectivity index (χ3n) is 3.08. The van der Waals surface area contributed by atoms with E-state index >= 15 is 0 Å². The van der Waals surface area contributed by atoms with Gasteiger partial charge in [0, 0.05) is 31.8 Å². The number of aryl methyl sites for hydroxylation is 2. The number of hydrogen-bond donors (Lipinski definition) is 1. The molecule has 1 aromatic rings. The van der Waals surface area contributed by atoms with Gasteiger partial charge >= 0.3 is 0 Å². The molecule has 2 atom stereocenters. The van der Waals surface area contributed by atoms with Crippen molar-refractivity contribution in [2.45, 2.75) is 52.8 Å². The predicted octanol–water partition coefficient (Wildman–Crippen LogP) is 1.75. The zero-order valence-electron chi connectivity index (χ0n) is 11.6. The first kappa shape index (κ1) is 14.2. The van der Waals surface area contributed by atoms with Crippen molar-refractivity contribution in [3.63, 3.8) is 0 Å². The van der Waals surface area contributed by atoms with E-state index in [-0.39, 0.29) is 12.1 Å². The maximum Gasteiger partial charge on any atom is 0.0748 e. The molecule has 0 fully saturated rings. The predicted molar refractivity (Wildman–Crippen MR) is 70.0 cm³/mol. The molecule has 4 heteroatoms. The molecule has 2 unspecified atom stereocenters. The van der Waals surface area contributed by atoms with Gasteiger partial charge in [0.05, 0.1) is 11.8 Å². The van der Waals surface area contributed by atoms with Crippen LogP contribution in [0.3, 0.4) is 0 Å². The quantitative estimate of drug-likeness (QED) is 0.823. The van der Waals surface area contributed by atoms with Crippen molar-refractivity contribution in [2.75, 3.05) is 7.11 Å². The van der Waals surface area contributed by atoms with Crippen molar-refractivity contribution < 1.29 is 4.74 Å². The summed E-state index contributed by atoms with van der Waals surface area (Å²) in [4.78, 5) is 0. The van der Waals surface area contributed by atoms with Crippen molar-refractivity contribution in [3.8, 4) is 0 Å². The van der Waals surface area contributed by atoms with Gasteiger partial charge in [-0.15, -0.1) is 0 Å². The van der Waals surface area contributed by atoms with Crippen molar-refractivity contribution in [2.24, 2.45) is 11.7 Å². The number of ether oxygens (including phenoxy) is 1. The highest BCUT2D eigenvalue weighted by atomic mass is 16.5. The van der Waals surface area contributed by atoms with Gasteiger partial charge in [-0.2, -0.15) is 5.10 Å². The number of nitrogens with two attached hydrogens (primary N) is 1. The molecule has 2 N–H and O–H groups in total. The molecule has 17 heavy (non-hydrogen) atoms. The second-order valence-corrected chi connectivity index (χ2v) is 4.91. The maximum absolute atomic E-state index is 6.23. The Hall–Kier alpha value is -0.870. The van der Waals surface area contributed by atoms with E-state index in [4.69, 9.17) is 10.5 Å². The van der Waals surface area contributed by atoms with Crippen LogP contribution >= 0.6 is 0 Å². The highest BCUT2D eigenvalue weighted by molar-refractivity contribution is 5.11. The van der Waals surface area contributed by atoms with E-state index in [1.165, 1.54) is 5.69 Å². The van der Waals surface area contributed by atoms with Gasteiger partial charge in [-0.1, -0.05) is 13.8 Å². The number of aromatic nitrogens is 2. The number of rotatable bonds is 6. The molecule has 4 nitrogen and oxygen atoms in total. The first-order valence-electron chi connectivity index (χ1n) is 6.31. The zero-order valence-corrected chi connectivity index (χ0v) is 11.6. The van der Waals surface area contributed by atoms with E-state index in [1.54, 1.807) is 7.11 Å². The van der Waals surface area contributed by atoms with Crippen LogP contribution < -0.4 is 5.73 Å². The van der Waals surface area contributed by atoms with E-state index in [0.717, 1.165) is 18.7 Å². The molecule has 0 aliphatic heterocycles. The Bertz CT molecular complexity index is 346. The van der Waals surface area contributed by atoms with Crippen LogP contribution in [0.1, 0.15) is 32.2 Å². The average molecular weight is 239 g/mol. The van der Waals surface area contributed by atoms with Gasteiger partial charge in [-0.25, -0.2) is 0 Å². The average Bonchev–Trinajstić information content (AvgIpc) is 2.59. The smallest absolute Gasteiger partial charge is 0.0748 e. The molecule has 0 aliphatic rings. The topological polar surface area (TPSA) is 53.1 Å². The molecule has 0 saturated heterocycles. The molecule has 98 valence electrons. The van der Waals surface area contributed by atoms with E-state index < -0.39 is 0 Å². The number of methoxy groups -OCH3 is 1. The Labute approximate surface area is 104 Å². The van der Waals surface area contributed by atoms with Crippen LogP contribution in [0.15, 0.2) is 6.07 Å². The van der Waals surface area contributed by atoms with Crippen LogP contribution in [0, 0.1) is 12.8 Å². The summed E-state index contributed by atoms with van der Waals surface area (Å²) in [7, 11) is 1.73. The Morgan fingerprint density at radius 1 is 1.47 bits per heavy atom. The van der Waals surface area contributed by atoms with Crippen LogP contribution in [0.25, 0.3) is 0 Å². The van der Waals surface area contributed by atoms with Crippen LogP contribution in [0.2, 0.25) is 0 Å². The highest BCUT2D eigenvalue weighted by Gasteiger charge is 2.22. The summed E-state index contributed by atoms with van der Waals surface area (Å²) in [5.41, 5.74) is 8.47. The molecule has 0 radical (unpaired) electrons. The van der Waals surface area contributed by atoms with E-state index in [2.05, 4.69) is 31.9 Å². The van der Waals surface area contributed by atoms with Crippen LogP contribution in [0.5, 0.6) is 0 Å². The fourth-order valence-electron chi connectivity index (χ4n) is 2.34. The third-order valence-corrected chi connectivity index (χ3v) is 3.08. The van der Waals surface area contributed by atoms with Gasteiger partial charge in [0.2, 0.25) is 0 Å². The maximum atomic E-state index is 6.23. The van der Waals surface area contributed by atoms with Crippen molar-refractivity contribution in [1.82, 2.24) is 9.78 Å². The van der Waals surface area contributed by atoms with E-state index in [0.29, 0.717) is 5.92 Å².